The van der Waals surface area contributed by atoms with Crippen LogP contribution in [0.3, 0.4) is 0 Å². The van der Waals surface area contributed by atoms with Crippen molar-refractivity contribution < 1.29 is 23.9 Å². The molecule has 3 rings (SSSR count). The fraction of sp³-hybridized carbons (Fsp3) is 0.348. The van der Waals surface area contributed by atoms with Gasteiger partial charge in [-0.05, 0) is 29.8 Å². The van der Waals surface area contributed by atoms with Gasteiger partial charge in [-0.25, -0.2) is 4.79 Å². The zero-order chi connectivity index (χ0) is 24.0. The Morgan fingerprint density at radius 3 is 2.42 bits per heavy atom. The van der Waals surface area contributed by atoms with Gasteiger partial charge in [-0.1, -0.05) is 41.4 Å². The van der Waals surface area contributed by atoms with Crippen LogP contribution in [0.4, 0.5) is 0 Å². The van der Waals surface area contributed by atoms with Crippen LogP contribution >= 0.6 is 35.0 Å². The van der Waals surface area contributed by atoms with E-state index < -0.39 is 18.1 Å². The smallest absolute Gasteiger partial charge is 0.328 e. The molecule has 0 spiro atoms. The minimum atomic E-state index is -0.879. The van der Waals surface area contributed by atoms with Crippen molar-refractivity contribution in [3.8, 4) is 5.75 Å². The lowest BCUT2D eigenvalue weighted by Gasteiger charge is -2.24. The molecule has 1 heterocycles. The van der Waals surface area contributed by atoms with Gasteiger partial charge in [0, 0.05) is 34.7 Å². The Morgan fingerprint density at radius 2 is 1.82 bits per heavy atom. The van der Waals surface area contributed by atoms with Gasteiger partial charge in [-0.3, -0.25) is 9.59 Å². The molecule has 0 radical (unpaired) electrons. The molecule has 33 heavy (non-hydrogen) atoms. The highest BCUT2D eigenvalue weighted by Crippen LogP contribution is 2.26. The Morgan fingerprint density at radius 1 is 1.15 bits per heavy atom. The van der Waals surface area contributed by atoms with Crippen molar-refractivity contribution in [2.75, 3.05) is 18.7 Å². The van der Waals surface area contributed by atoms with Crippen LogP contribution in [-0.4, -0.2) is 53.5 Å². The van der Waals surface area contributed by atoms with E-state index in [9.17, 15) is 14.4 Å². The van der Waals surface area contributed by atoms with Crippen molar-refractivity contribution in [1.29, 1.82) is 0 Å². The zero-order valence-electron chi connectivity index (χ0n) is 18.2. The molecule has 0 aliphatic carbocycles. The Hall–Kier alpha value is -2.42. The van der Waals surface area contributed by atoms with E-state index >= 15 is 0 Å². The molecule has 0 saturated carbocycles. The number of methoxy groups -OCH3 is 1. The molecule has 2 aromatic rings. The van der Waals surface area contributed by atoms with Crippen LogP contribution in [0.1, 0.15) is 18.1 Å². The van der Waals surface area contributed by atoms with Gasteiger partial charge in [0.1, 0.15) is 24.4 Å². The number of rotatable bonds is 8. The zero-order valence-corrected chi connectivity index (χ0v) is 20.5. The third-order valence-corrected chi connectivity index (χ3v) is 6.92. The first kappa shape index (κ1) is 25.2. The van der Waals surface area contributed by atoms with Gasteiger partial charge < -0.3 is 19.7 Å². The number of nitrogens with zero attached hydrogens (tertiary/aromatic N) is 1. The van der Waals surface area contributed by atoms with Crippen LogP contribution in [0.5, 0.6) is 5.75 Å². The standard InChI is InChI=1S/C23H24Cl2N2O5S/c1-14(28)27-13-33-12-21(27)22(29)26-20(23(30)31-2)10-15-6-8-16(9-7-15)32-11-17-18(24)4-3-5-19(17)25/h3-9,20-21H,10-13H2,1-2H3,(H,26,29)/t20?,21-/m1/s1. The number of halogens is 2. The maximum absolute atomic E-state index is 12.7. The van der Waals surface area contributed by atoms with Crippen molar-refractivity contribution in [2.45, 2.75) is 32.0 Å². The van der Waals surface area contributed by atoms with Gasteiger partial charge in [-0.2, -0.15) is 0 Å². The predicted molar refractivity (Wildman–Crippen MR) is 129 cm³/mol. The highest BCUT2D eigenvalue weighted by molar-refractivity contribution is 7.99. The lowest BCUT2D eigenvalue weighted by Crippen LogP contribution is -2.52. The third-order valence-electron chi connectivity index (χ3n) is 5.20. The second kappa shape index (κ2) is 11.6. The third kappa shape index (κ3) is 6.56. The predicted octanol–water partition coefficient (Wildman–Crippen LogP) is 3.69. The second-order valence-corrected chi connectivity index (χ2v) is 9.24. The summed E-state index contributed by atoms with van der Waals surface area (Å²) in [6.45, 7) is 1.64. The van der Waals surface area contributed by atoms with E-state index in [-0.39, 0.29) is 24.8 Å². The molecule has 176 valence electrons. The van der Waals surface area contributed by atoms with Crippen LogP contribution in [0.15, 0.2) is 42.5 Å². The van der Waals surface area contributed by atoms with Crippen LogP contribution in [-0.2, 0) is 32.1 Å². The summed E-state index contributed by atoms with van der Waals surface area (Å²) < 4.78 is 10.6. The van der Waals surface area contributed by atoms with Crippen molar-refractivity contribution in [3.05, 3.63) is 63.6 Å². The van der Waals surface area contributed by atoms with Crippen LogP contribution in [0.2, 0.25) is 10.0 Å². The minimum Gasteiger partial charge on any atom is -0.489 e. The highest BCUT2D eigenvalue weighted by Gasteiger charge is 2.35. The second-order valence-electron chi connectivity index (χ2n) is 7.43. The normalized spacial score (nSPS) is 16.2. The largest absolute Gasteiger partial charge is 0.489 e. The molecule has 7 nitrogen and oxygen atoms in total. The molecule has 2 amide bonds. The Kier molecular flexibility index (Phi) is 8.88. The summed E-state index contributed by atoms with van der Waals surface area (Å²) in [7, 11) is 1.27. The molecular formula is C23H24Cl2N2O5S. The number of esters is 1. The number of benzene rings is 2. The van der Waals surface area contributed by atoms with Gasteiger partial charge in [0.25, 0.3) is 0 Å². The summed E-state index contributed by atoms with van der Waals surface area (Å²) >= 11 is 13.8. The number of thioether (sulfide) groups is 1. The molecule has 0 aromatic heterocycles. The van der Waals surface area contributed by atoms with Crippen LogP contribution in [0.25, 0.3) is 0 Å². The van der Waals surface area contributed by atoms with E-state index in [1.165, 1.54) is 30.7 Å². The average molecular weight is 511 g/mol. The number of hydrogen-bond donors (Lipinski definition) is 1. The monoisotopic (exact) mass is 510 g/mol. The topological polar surface area (TPSA) is 84.9 Å². The lowest BCUT2D eigenvalue weighted by atomic mass is 10.1. The Balaban J connectivity index is 1.63. The first-order chi connectivity index (χ1) is 15.8. The number of amides is 2. The first-order valence-electron chi connectivity index (χ1n) is 10.2. The van der Waals surface area contributed by atoms with Crippen LogP contribution in [0, 0.1) is 0 Å². The van der Waals surface area contributed by atoms with Gasteiger partial charge in [0.2, 0.25) is 11.8 Å². The van der Waals surface area contributed by atoms with E-state index in [1.54, 1.807) is 42.5 Å². The molecule has 1 N–H and O–H groups in total. The summed E-state index contributed by atoms with van der Waals surface area (Å²) in [4.78, 5) is 38.3. The summed E-state index contributed by atoms with van der Waals surface area (Å²) in [6, 6.07) is 10.9. The lowest BCUT2D eigenvalue weighted by molar-refractivity contribution is -0.146. The van der Waals surface area contributed by atoms with Gasteiger partial charge >= 0.3 is 5.97 Å². The van der Waals surface area contributed by atoms with E-state index in [2.05, 4.69) is 5.32 Å². The van der Waals surface area contributed by atoms with Gasteiger partial charge in [0.15, 0.2) is 0 Å². The summed E-state index contributed by atoms with van der Waals surface area (Å²) in [5, 5.41) is 3.79. The van der Waals surface area contributed by atoms with E-state index in [4.69, 9.17) is 32.7 Å². The molecule has 1 unspecified atom stereocenters. The van der Waals surface area contributed by atoms with Crippen molar-refractivity contribution in [2.24, 2.45) is 0 Å². The van der Waals surface area contributed by atoms with Crippen molar-refractivity contribution >= 4 is 52.7 Å². The van der Waals surface area contributed by atoms with E-state index in [1.807, 2.05) is 0 Å². The Labute approximate surface area is 206 Å². The molecule has 0 bridgehead atoms. The molecule has 1 fully saturated rings. The van der Waals surface area contributed by atoms with E-state index in [0.29, 0.717) is 33.0 Å². The molecule has 1 aliphatic heterocycles. The molecule has 1 aliphatic rings. The Bertz CT molecular complexity index is 998. The number of ether oxygens (including phenoxy) is 2. The number of carbonyl (C=O) groups is 3. The number of nitrogens with one attached hydrogen (secondary N) is 1. The SMILES string of the molecule is COC(=O)C(Cc1ccc(OCc2c(Cl)cccc2Cl)cc1)NC(=O)[C@H]1CSCN1C(C)=O. The molecule has 1 saturated heterocycles. The summed E-state index contributed by atoms with van der Waals surface area (Å²) in [6.07, 6.45) is 0.231. The fourth-order valence-electron chi connectivity index (χ4n) is 3.36. The molecular weight excluding hydrogens is 487 g/mol. The fourth-order valence-corrected chi connectivity index (χ4v) is 5.08. The summed E-state index contributed by atoms with van der Waals surface area (Å²) in [5.74, 6) is 0.439. The highest BCUT2D eigenvalue weighted by atomic mass is 35.5. The number of hydrogen-bond acceptors (Lipinski definition) is 6. The van der Waals surface area contributed by atoms with E-state index in [0.717, 1.165) is 5.56 Å². The van der Waals surface area contributed by atoms with Gasteiger partial charge in [0.05, 0.1) is 13.0 Å². The van der Waals surface area contributed by atoms with Crippen LogP contribution < -0.4 is 10.1 Å². The minimum absolute atomic E-state index is 0.177. The summed E-state index contributed by atoms with van der Waals surface area (Å²) in [5.41, 5.74) is 1.50. The molecule has 2 atom stereocenters. The molecule has 10 heteroatoms. The van der Waals surface area contributed by atoms with Crippen molar-refractivity contribution in [3.63, 3.8) is 0 Å². The quantitative estimate of drug-likeness (QED) is 0.545. The average Bonchev–Trinajstić information content (AvgIpc) is 3.29. The van der Waals surface area contributed by atoms with Gasteiger partial charge in [-0.15, -0.1) is 11.8 Å². The first-order valence-corrected chi connectivity index (χ1v) is 12.1. The molecule has 2 aromatic carbocycles. The number of carbonyl (C=O) groups excluding carboxylic acids is 3. The maximum Gasteiger partial charge on any atom is 0.328 e. The maximum atomic E-state index is 12.7. The van der Waals surface area contributed by atoms with Crippen molar-refractivity contribution in [1.82, 2.24) is 10.2 Å².